The van der Waals surface area contributed by atoms with E-state index >= 15 is 0 Å². The van der Waals surface area contributed by atoms with E-state index in [0.717, 1.165) is 22.4 Å². The highest BCUT2D eigenvalue weighted by molar-refractivity contribution is 7.15. The summed E-state index contributed by atoms with van der Waals surface area (Å²) in [6.07, 6.45) is 4.05. The Hall–Kier alpha value is -3.26. The van der Waals surface area contributed by atoms with Gasteiger partial charge in [0, 0.05) is 29.9 Å². The molecule has 0 saturated heterocycles. The largest absolute Gasteiger partial charge is 0.493 e. The van der Waals surface area contributed by atoms with Crippen LogP contribution in [0, 0.1) is 0 Å². The van der Waals surface area contributed by atoms with Gasteiger partial charge in [-0.15, -0.1) is 11.3 Å². The lowest BCUT2D eigenvalue weighted by Crippen LogP contribution is -2.31. The van der Waals surface area contributed by atoms with Gasteiger partial charge in [0.1, 0.15) is 5.75 Å². The summed E-state index contributed by atoms with van der Waals surface area (Å²) >= 11 is 1.20. The molecule has 0 fully saturated rings. The highest BCUT2D eigenvalue weighted by atomic mass is 32.1. The summed E-state index contributed by atoms with van der Waals surface area (Å²) < 4.78 is 10.8. The van der Waals surface area contributed by atoms with Crippen LogP contribution in [0.25, 0.3) is 11.1 Å². The highest BCUT2D eigenvalue weighted by Crippen LogP contribution is 2.35. The number of hydrogen-bond acceptors (Lipinski definition) is 7. The first-order valence-corrected chi connectivity index (χ1v) is 9.91. The van der Waals surface area contributed by atoms with Crippen molar-refractivity contribution in [1.29, 1.82) is 0 Å². The normalized spacial score (nSPS) is 15.2. The lowest BCUT2D eigenvalue weighted by Gasteiger charge is -2.27. The van der Waals surface area contributed by atoms with Gasteiger partial charge in [-0.2, -0.15) is 0 Å². The van der Waals surface area contributed by atoms with Crippen LogP contribution in [0.15, 0.2) is 42.7 Å². The van der Waals surface area contributed by atoms with E-state index in [-0.39, 0.29) is 17.7 Å². The zero-order valence-corrected chi connectivity index (χ0v) is 16.8. The Labute approximate surface area is 171 Å². The Morgan fingerprint density at radius 3 is 2.59 bits per heavy atom. The Kier molecular flexibility index (Phi) is 5.26. The minimum atomic E-state index is -0.196. The third-order valence-corrected chi connectivity index (χ3v) is 5.86. The number of carbonyl (C=O) groups is 2. The van der Waals surface area contributed by atoms with Crippen LogP contribution >= 0.6 is 11.3 Å². The number of thiophene rings is 1. The predicted molar refractivity (Wildman–Crippen MR) is 109 cm³/mol. The number of nitrogens with one attached hydrogen (secondary N) is 1. The summed E-state index contributed by atoms with van der Waals surface area (Å²) in [5.41, 5.74) is 2.67. The van der Waals surface area contributed by atoms with E-state index in [0.29, 0.717) is 28.8 Å². The minimum absolute atomic E-state index is 0.0446. The first-order valence-electron chi connectivity index (χ1n) is 9.10. The van der Waals surface area contributed by atoms with Gasteiger partial charge in [-0.1, -0.05) is 6.07 Å². The van der Waals surface area contributed by atoms with Crippen LogP contribution in [-0.2, 0) is 0 Å². The molecule has 8 heteroatoms. The molecule has 0 spiro atoms. The smallest absolute Gasteiger partial charge is 0.316 e. The molecule has 4 rings (SSSR count). The number of amides is 1. The second kappa shape index (κ2) is 8.00. The van der Waals surface area contributed by atoms with Crippen molar-refractivity contribution in [2.45, 2.75) is 19.4 Å². The molecule has 3 heterocycles. The van der Waals surface area contributed by atoms with E-state index in [2.05, 4.69) is 15.3 Å². The predicted octanol–water partition coefficient (Wildman–Crippen LogP) is 3.67. The molecule has 0 bridgehead atoms. The van der Waals surface area contributed by atoms with Crippen LogP contribution in [0.5, 0.6) is 11.8 Å². The molecule has 2 aromatic heterocycles. The standard InChI is InChI=1S/C21H19N3O4S/c1-12(25)18-5-6-19(29-18)20(26)24-16-7-8-28-17-4-3-13(9-15(16)17)14-10-22-21(27-2)23-11-14/h3-6,9-11,16H,7-8H2,1-2H3,(H,24,26). The lowest BCUT2D eigenvalue weighted by atomic mass is 9.96. The maximum Gasteiger partial charge on any atom is 0.316 e. The number of nitrogens with zero attached hydrogens (tertiary/aromatic N) is 2. The summed E-state index contributed by atoms with van der Waals surface area (Å²) in [6, 6.07) is 9.30. The van der Waals surface area contributed by atoms with E-state index in [9.17, 15) is 9.59 Å². The van der Waals surface area contributed by atoms with E-state index in [1.807, 2.05) is 18.2 Å². The van der Waals surface area contributed by atoms with Crippen LogP contribution in [0.4, 0.5) is 0 Å². The Balaban J connectivity index is 1.59. The van der Waals surface area contributed by atoms with Crippen molar-refractivity contribution in [3.63, 3.8) is 0 Å². The summed E-state index contributed by atoms with van der Waals surface area (Å²) in [5, 5.41) is 3.07. The number of ether oxygens (including phenoxy) is 2. The molecular formula is C21H19N3O4S. The summed E-state index contributed by atoms with van der Waals surface area (Å²) in [7, 11) is 1.52. The molecule has 1 unspecified atom stereocenters. The summed E-state index contributed by atoms with van der Waals surface area (Å²) in [5.74, 6) is 0.505. The van der Waals surface area contributed by atoms with E-state index in [1.165, 1.54) is 25.4 Å². The number of carbonyl (C=O) groups excluding carboxylic acids is 2. The summed E-state index contributed by atoms with van der Waals surface area (Å²) in [4.78, 5) is 33.6. The van der Waals surface area contributed by atoms with E-state index in [4.69, 9.17) is 9.47 Å². The fourth-order valence-electron chi connectivity index (χ4n) is 3.17. The third kappa shape index (κ3) is 3.97. The second-order valence-corrected chi connectivity index (χ2v) is 7.68. The molecule has 0 radical (unpaired) electrons. The first-order chi connectivity index (χ1) is 14.0. The number of benzene rings is 1. The van der Waals surface area contributed by atoms with Crippen molar-refractivity contribution in [1.82, 2.24) is 15.3 Å². The van der Waals surface area contributed by atoms with Crippen LogP contribution in [0.1, 0.15) is 44.3 Å². The number of hydrogen-bond donors (Lipinski definition) is 1. The maximum absolute atomic E-state index is 12.7. The zero-order chi connectivity index (χ0) is 20.4. The van der Waals surface area contributed by atoms with Gasteiger partial charge >= 0.3 is 6.01 Å². The van der Waals surface area contributed by atoms with Crippen molar-refractivity contribution < 1.29 is 19.1 Å². The molecule has 7 nitrogen and oxygen atoms in total. The van der Waals surface area contributed by atoms with Crippen molar-refractivity contribution >= 4 is 23.0 Å². The molecule has 1 aliphatic rings. The van der Waals surface area contributed by atoms with Crippen LogP contribution < -0.4 is 14.8 Å². The number of methoxy groups -OCH3 is 1. The van der Waals surface area contributed by atoms with Gasteiger partial charge in [0.2, 0.25) is 0 Å². The van der Waals surface area contributed by atoms with Gasteiger partial charge in [0.05, 0.1) is 29.5 Å². The Morgan fingerprint density at radius 1 is 1.14 bits per heavy atom. The van der Waals surface area contributed by atoms with Crippen molar-refractivity contribution in [3.8, 4) is 22.9 Å². The van der Waals surface area contributed by atoms with Crippen LogP contribution in [0.3, 0.4) is 0 Å². The zero-order valence-electron chi connectivity index (χ0n) is 16.0. The molecule has 1 aromatic carbocycles. The number of Topliss-reactive ketones (excluding diaryl/α,β-unsaturated/α-hetero) is 1. The minimum Gasteiger partial charge on any atom is -0.493 e. The molecule has 29 heavy (non-hydrogen) atoms. The molecule has 1 N–H and O–H groups in total. The number of aromatic nitrogens is 2. The monoisotopic (exact) mass is 409 g/mol. The molecule has 3 aromatic rings. The van der Waals surface area contributed by atoms with Crippen LogP contribution in [0.2, 0.25) is 0 Å². The molecule has 1 amide bonds. The topological polar surface area (TPSA) is 90.4 Å². The highest BCUT2D eigenvalue weighted by Gasteiger charge is 2.25. The lowest BCUT2D eigenvalue weighted by molar-refractivity contribution is 0.0928. The molecule has 0 saturated carbocycles. The number of fused-ring (bicyclic) bond motifs is 1. The van der Waals surface area contributed by atoms with Gasteiger partial charge in [0.25, 0.3) is 5.91 Å². The van der Waals surface area contributed by atoms with Gasteiger partial charge in [-0.3, -0.25) is 9.59 Å². The number of rotatable bonds is 5. The molecule has 148 valence electrons. The van der Waals surface area contributed by atoms with E-state index < -0.39 is 0 Å². The van der Waals surface area contributed by atoms with Gasteiger partial charge < -0.3 is 14.8 Å². The van der Waals surface area contributed by atoms with Crippen LogP contribution in [-0.4, -0.2) is 35.4 Å². The molecule has 1 aliphatic heterocycles. The van der Waals surface area contributed by atoms with Gasteiger partial charge in [-0.05, 0) is 36.8 Å². The number of ketones is 1. The molecule has 1 atom stereocenters. The Morgan fingerprint density at radius 2 is 1.90 bits per heavy atom. The first kappa shape index (κ1) is 19.1. The second-order valence-electron chi connectivity index (χ2n) is 6.59. The van der Waals surface area contributed by atoms with Gasteiger partial charge in [-0.25, -0.2) is 9.97 Å². The average Bonchev–Trinajstić information content (AvgIpc) is 3.25. The van der Waals surface area contributed by atoms with Crippen molar-refractivity contribution in [3.05, 3.63) is 58.0 Å². The quantitative estimate of drug-likeness (QED) is 0.647. The Bertz CT molecular complexity index is 1060. The van der Waals surface area contributed by atoms with Gasteiger partial charge in [0.15, 0.2) is 5.78 Å². The summed E-state index contributed by atoms with van der Waals surface area (Å²) in [6.45, 7) is 2.01. The van der Waals surface area contributed by atoms with E-state index in [1.54, 1.807) is 24.5 Å². The third-order valence-electron chi connectivity index (χ3n) is 4.68. The fourth-order valence-corrected chi connectivity index (χ4v) is 3.98. The van der Waals surface area contributed by atoms with Crippen molar-refractivity contribution in [2.24, 2.45) is 0 Å². The fraction of sp³-hybridized carbons (Fsp3) is 0.238. The SMILES string of the molecule is COc1ncc(-c2ccc3c(c2)C(NC(=O)c2ccc(C(C)=O)s2)CCO3)cn1. The average molecular weight is 409 g/mol. The molecule has 0 aliphatic carbocycles. The molecular weight excluding hydrogens is 390 g/mol. The maximum atomic E-state index is 12.7. The van der Waals surface area contributed by atoms with Crippen molar-refractivity contribution in [2.75, 3.05) is 13.7 Å².